The Kier molecular flexibility index (Phi) is 4.99. The fraction of sp³-hybridized carbons (Fsp3) is 0.133. The second-order valence-corrected chi connectivity index (χ2v) is 4.94. The summed E-state index contributed by atoms with van der Waals surface area (Å²) in [5.41, 5.74) is 2.15. The lowest BCUT2D eigenvalue weighted by Gasteiger charge is -2.07. The molecule has 20 heavy (non-hydrogen) atoms. The number of benzene rings is 2. The van der Waals surface area contributed by atoms with E-state index < -0.39 is 5.82 Å². The lowest BCUT2D eigenvalue weighted by atomic mass is 10.1. The predicted octanol–water partition coefficient (Wildman–Crippen LogP) is 4.15. The fourth-order valence-corrected chi connectivity index (χ4v) is 2.10. The summed E-state index contributed by atoms with van der Waals surface area (Å²) in [7, 11) is 0. The lowest BCUT2D eigenvalue weighted by molar-refractivity contribution is 0.0951. The van der Waals surface area contributed by atoms with Crippen molar-refractivity contribution in [1.82, 2.24) is 5.32 Å². The molecule has 104 valence electrons. The first-order valence-electron chi connectivity index (χ1n) is 5.97. The minimum absolute atomic E-state index is 0.0425. The molecule has 0 unspecified atom stereocenters. The fourth-order valence-electron chi connectivity index (χ4n) is 1.73. The highest BCUT2D eigenvalue weighted by molar-refractivity contribution is 6.30. The monoisotopic (exact) mass is 311 g/mol. The van der Waals surface area contributed by atoms with Crippen LogP contribution in [0.4, 0.5) is 4.39 Å². The van der Waals surface area contributed by atoms with E-state index in [0.29, 0.717) is 11.4 Å². The predicted molar refractivity (Wildman–Crippen MR) is 78.6 cm³/mol. The maximum absolute atomic E-state index is 13.0. The molecular formula is C15H12Cl2FNO. The van der Waals surface area contributed by atoms with Crippen LogP contribution < -0.4 is 5.32 Å². The Labute approximate surface area is 126 Å². The number of carbonyl (C=O) groups is 1. The largest absolute Gasteiger partial charge is 0.348 e. The normalized spacial score (nSPS) is 10.3. The molecule has 2 rings (SSSR count). The summed E-state index contributed by atoms with van der Waals surface area (Å²) < 4.78 is 13.0. The minimum atomic E-state index is -0.475. The molecule has 2 aromatic carbocycles. The van der Waals surface area contributed by atoms with E-state index in [2.05, 4.69) is 5.32 Å². The smallest absolute Gasteiger partial charge is 0.251 e. The molecule has 0 saturated carbocycles. The third-order valence-electron chi connectivity index (χ3n) is 2.78. The third-order valence-corrected chi connectivity index (χ3v) is 3.38. The molecule has 1 amide bonds. The number of nitrogens with one attached hydrogen (secondary N) is 1. The molecule has 0 heterocycles. The Balaban J connectivity index is 2.02. The van der Waals surface area contributed by atoms with Crippen molar-refractivity contribution in [3.8, 4) is 0 Å². The molecule has 0 saturated heterocycles. The van der Waals surface area contributed by atoms with E-state index in [1.54, 1.807) is 24.3 Å². The van der Waals surface area contributed by atoms with Crippen LogP contribution in [0.15, 0.2) is 42.5 Å². The van der Waals surface area contributed by atoms with Gasteiger partial charge in [-0.2, -0.15) is 0 Å². The Bertz CT molecular complexity index is 631. The molecule has 0 spiro atoms. The van der Waals surface area contributed by atoms with E-state index in [1.165, 1.54) is 12.1 Å². The Morgan fingerprint density at radius 2 is 1.95 bits per heavy atom. The number of halogens is 3. The van der Waals surface area contributed by atoms with Crippen LogP contribution in [-0.4, -0.2) is 5.91 Å². The number of carbonyl (C=O) groups excluding carboxylic acids is 1. The Morgan fingerprint density at radius 1 is 1.15 bits per heavy atom. The average molecular weight is 312 g/mol. The van der Waals surface area contributed by atoms with Crippen LogP contribution in [0, 0.1) is 5.82 Å². The van der Waals surface area contributed by atoms with Gasteiger partial charge in [0.1, 0.15) is 5.82 Å². The molecular weight excluding hydrogens is 300 g/mol. The molecule has 0 fully saturated rings. The van der Waals surface area contributed by atoms with Crippen molar-refractivity contribution in [3.63, 3.8) is 0 Å². The molecule has 1 N–H and O–H groups in total. The van der Waals surface area contributed by atoms with Crippen LogP contribution in [-0.2, 0) is 12.4 Å². The van der Waals surface area contributed by atoms with Gasteiger partial charge in [-0.05, 0) is 35.4 Å². The van der Waals surface area contributed by atoms with Crippen molar-refractivity contribution in [2.24, 2.45) is 0 Å². The van der Waals surface area contributed by atoms with Crippen LogP contribution >= 0.6 is 23.2 Å². The van der Waals surface area contributed by atoms with E-state index >= 15 is 0 Å². The van der Waals surface area contributed by atoms with Crippen molar-refractivity contribution in [1.29, 1.82) is 0 Å². The summed E-state index contributed by atoms with van der Waals surface area (Å²) in [6, 6.07) is 11.4. The molecule has 0 radical (unpaired) electrons. The first-order chi connectivity index (χ1) is 9.60. The zero-order chi connectivity index (χ0) is 14.5. The van der Waals surface area contributed by atoms with Crippen LogP contribution in [0.1, 0.15) is 21.5 Å². The summed E-state index contributed by atoms with van der Waals surface area (Å²) in [6.07, 6.45) is 0. The first kappa shape index (κ1) is 14.8. The summed E-state index contributed by atoms with van der Waals surface area (Å²) in [5.74, 6) is -0.330. The highest BCUT2D eigenvalue weighted by Gasteiger charge is 2.07. The number of hydrogen-bond donors (Lipinski definition) is 1. The van der Waals surface area contributed by atoms with Crippen LogP contribution in [0.25, 0.3) is 0 Å². The van der Waals surface area contributed by atoms with Gasteiger partial charge in [0.25, 0.3) is 5.91 Å². The van der Waals surface area contributed by atoms with Gasteiger partial charge in [-0.3, -0.25) is 4.79 Å². The maximum Gasteiger partial charge on any atom is 0.251 e. The molecule has 0 aliphatic carbocycles. The van der Waals surface area contributed by atoms with E-state index in [9.17, 15) is 9.18 Å². The number of alkyl halides is 1. The molecule has 0 aliphatic rings. The summed E-state index contributed by atoms with van der Waals surface area (Å²) >= 11 is 11.4. The lowest BCUT2D eigenvalue weighted by Crippen LogP contribution is -2.22. The van der Waals surface area contributed by atoms with E-state index in [4.69, 9.17) is 23.2 Å². The summed E-state index contributed by atoms with van der Waals surface area (Å²) in [4.78, 5) is 12.0. The van der Waals surface area contributed by atoms with Gasteiger partial charge in [-0.15, -0.1) is 11.6 Å². The molecule has 0 bridgehead atoms. The van der Waals surface area contributed by atoms with Gasteiger partial charge in [0.2, 0.25) is 0 Å². The Morgan fingerprint density at radius 3 is 2.65 bits per heavy atom. The van der Waals surface area contributed by atoms with Crippen LogP contribution in [0.5, 0.6) is 0 Å². The molecule has 2 aromatic rings. The second kappa shape index (κ2) is 6.73. The number of hydrogen-bond acceptors (Lipinski definition) is 1. The van der Waals surface area contributed by atoms with Crippen molar-refractivity contribution >= 4 is 29.1 Å². The van der Waals surface area contributed by atoms with Gasteiger partial charge < -0.3 is 5.32 Å². The SMILES string of the molecule is O=C(NCc1ccc(F)c(Cl)c1)c1cccc(CCl)c1. The standard InChI is InChI=1S/C15H12Cl2FNO/c16-8-10-2-1-3-12(6-10)15(20)19-9-11-4-5-14(18)13(17)7-11/h1-7H,8-9H2,(H,19,20). The Hall–Kier alpha value is -1.58. The van der Waals surface area contributed by atoms with E-state index in [1.807, 2.05) is 6.07 Å². The first-order valence-corrected chi connectivity index (χ1v) is 6.88. The quantitative estimate of drug-likeness (QED) is 0.844. The van der Waals surface area contributed by atoms with Crippen molar-refractivity contribution < 1.29 is 9.18 Å². The zero-order valence-electron chi connectivity index (χ0n) is 10.5. The van der Waals surface area contributed by atoms with Crippen molar-refractivity contribution in [2.45, 2.75) is 12.4 Å². The van der Waals surface area contributed by atoms with Gasteiger partial charge in [-0.25, -0.2) is 4.39 Å². The van der Waals surface area contributed by atoms with Crippen LogP contribution in [0.3, 0.4) is 0 Å². The van der Waals surface area contributed by atoms with Gasteiger partial charge in [0.15, 0.2) is 0 Å². The van der Waals surface area contributed by atoms with Gasteiger partial charge >= 0.3 is 0 Å². The van der Waals surface area contributed by atoms with Crippen molar-refractivity contribution in [2.75, 3.05) is 0 Å². The van der Waals surface area contributed by atoms with Gasteiger partial charge in [0, 0.05) is 18.0 Å². The topological polar surface area (TPSA) is 29.1 Å². The molecule has 0 atom stereocenters. The zero-order valence-corrected chi connectivity index (χ0v) is 12.0. The third kappa shape index (κ3) is 3.71. The second-order valence-electron chi connectivity index (χ2n) is 4.27. The highest BCUT2D eigenvalue weighted by atomic mass is 35.5. The molecule has 0 aliphatic heterocycles. The van der Waals surface area contributed by atoms with Gasteiger partial charge in [-0.1, -0.05) is 29.8 Å². The number of amides is 1. The maximum atomic E-state index is 13.0. The van der Waals surface area contributed by atoms with E-state index in [0.717, 1.165) is 11.1 Å². The van der Waals surface area contributed by atoms with Gasteiger partial charge in [0.05, 0.1) is 5.02 Å². The molecule has 5 heteroatoms. The average Bonchev–Trinajstić information content (AvgIpc) is 2.48. The highest BCUT2D eigenvalue weighted by Crippen LogP contribution is 2.16. The summed E-state index contributed by atoms with van der Waals surface area (Å²) in [5, 5.41) is 2.79. The molecule has 0 aromatic heterocycles. The minimum Gasteiger partial charge on any atom is -0.348 e. The summed E-state index contributed by atoms with van der Waals surface area (Å²) in [6.45, 7) is 0.282. The molecule has 2 nitrogen and oxygen atoms in total. The number of rotatable bonds is 4. The van der Waals surface area contributed by atoms with Crippen LogP contribution in [0.2, 0.25) is 5.02 Å². The van der Waals surface area contributed by atoms with E-state index in [-0.39, 0.29) is 17.5 Å². The van der Waals surface area contributed by atoms with Crippen molar-refractivity contribution in [3.05, 3.63) is 70.0 Å².